The molecule has 1 amide bonds. The minimum absolute atomic E-state index is 0.0753. The highest BCUT2D eigenvalue weighted by Crippen LogP contribution is 1.63. The molecule has 46 valence electrons. The molecule has 0 unspecified atom stereocenters. The second kappa shape index (κ2) is 4.23. The van der Waals surface area contributed by atoms with Gasteiger partial charge in [0.15, 0.2) is 0 Å². The second-order valence-electron chi connectivity index (χ2n) is 1.36. The molecule has 4 heteroatoms. The van der Waals surface area contributed by atoms with Crippen LogP contribution in [0.4, 0.5) is 0 Å². The third-order valence-electron chi connectivity index (χ3n) is 0.598. The van der Waals surface area contributed by atoms with E-state index in [1.54, 1.807) is 0 Å². The van der Waals surface area contributed by atoms with E-state index in [2.05, 4.69) is 10.4 Å². The van der Waals surface area contributed by atoms with Gasteiger partial charge in [-0.15, -0.1) is 0 Å². The van der Waals surface area contributed by atoms with E-state index in [9.17, 15) is 4.79 Å². The maximum atomic E-state index is 10.1. The van der Waals surface area contributed by atoms with E-state index >= 15 is 0 Å². The van der Waals surface area contributed by atoms with Gasteiger partial charge in [0.1, 0.15) is 0 Å². The van der Waals surface area contributed by atoms with Gasteiger partial charge in [0.05, 0.1) is 6.54 Å². The fourth-order valence-corrected chi connectivity index (χ4v) is 0.288. The van der Waals surface area contributed by atoms with Crippen LogP contribution in [0.2, 0.25) is 0 Å². The van der Waals surface area contributed by atoms with Crippen molar-refractivity contribution in [3.8, 4) is 0 Å². The van der Waals surface area contributed by atoms with Crippen LogP contribution in [-0.4, -0.2) is 19.0 Å². The van der Waals surface area contributed by atoms with Gasteiger partial charge in [-0.1, -0.05) is 0 Å². The first-order chi connectivity index (χ1) is 3.77. The monoisotopic (exact) mass is 115 g/mol. The second-order valence-corrected chi connectivity index (χ2v) is 1.36. The molecule has 0 aromatic heterocycles. The van der Waals surface area contributed by atoms with Crippen LogP contribution in [0.25, 0.3) is 0 Å². The Bertz CT molecular complexity index is 91.3. The van der Waals surface area contributed by atoms with Gasteiger partial charge < -0.3 is 5.32 Å². The molecule has 0 fully saturated rings. The molecule has 0 saturated heterocycles. The highest BCUT2D eigenvalue weighted by Gasteiger charge is 1.85. The average Bonchev–Trinajstić information content (AvgIpc) is 1.66. The predicted molar refractivity (Wildman–Crippen MR) is 28.7 cm³/mol. The van der Waals surface area contributed by atoms with Crippen molar-refractivity contribution in [2.24, 2.45) is 5.11 Å². The van der Waals surface area contributed by atoms with Crippen molar-refractivity contribution in [2.45, 2.75) is 6.92 Å². The lowest BCUT2D eigenvalue weighted by Crippen LogP contribution is -2.22. The first-order valence-electron chi connectivity index (χ1n) is 2.35. The van der Waals surface area contributed by atoms with E-state index in [4.69, 9.17) is 5.53 Å². The summed E-state index contributed by atoms with van der Waals surface area (Å²) in [6.45, 7) is 2.28. The molecular formula is C4H9N3O. The van der Waals surface area contributed by atoms with Gasteiger partial charge in [-0.25, -0.2) is 5.53 Å². The van der Waals surface area contributed by atoms with Gasteiger partial charge in [-0.3, -0.25) is 4.79 Å². The number of hydrogen-bond acceptors (Lipinski definition) is 3. The summed E-state index contributed by atoms with van der Waals surface area (Å²) in [6, 6.07) is 0. The highest BCUT2D eigenvalue weighted by molar-refractivity contribution is 5.72. The Kier molecular flexibility index (Phi) is 3.74. The topological polar surface area (TPSA) is 65.3 Å². The largest absolute Gasteiger partial charge is 0.354 e. The van der Waals surface area contributed by atoms with Gasteiger partial charge in [0.2, 0.25) is 5.91 Å². The van der Waals surface area contributed by atoms with E-state index in [0.29, 0.717) is 13.1 Å². The van der Waals surface area contributed by atoms with Crippen LogP contribution in [0.15, 0.2) is 5.11 Å². The zero-order valence-corrected chi connectivity index (χ0v) is 4.77. The number of rotatable bonds is 3. The van der Waals surface area contributed by atoms with Crippen LogP contribution in [0.3, 0.4) is 0 Å². The third-order valence-corrected chi connectivity index (χ3v) is 0.598. The first-order valence-corrected chi connectivity index (χ1v) is 2.35. The Morgan fingerprint density at radius 1 is 1.88 bits per heavy atom. The molecule has 0 rings (SSSR count). The summed E-state index contributed by atoms with van der Waals surface area (Å²) < 4.78 is 0. The fraction of sp³-hybridized carbons (Fsp3) is 0.750. The lowest BCUT2D eigenvalue weighted by Gasteiger charge is -1.93. The Morgan fingerprint density at radius 3 is 2.88 bits per heavy atom. The Balaban J connectivity index is 2.93. The van der Waals surface area contributed by atoms with Crippen LogP contribution >= 0.6 is 0 Å². The number of amides is 1. The summed E-state index contributed by atoms with van der Waals surface area (Å²) in [4.78, 5) is 10.1. The molecule has 0 radical (unpaired) electrons. The highest BCUT2D eigenvalue weighted by atomic mass is 16.1. The van der Waals surface area contributed by atoms with Crippen LogP contribution in [-0.2, 0) is 4.79 Å². The zero-order chi connectivity index (χ0) is 6.41. The predicted octanol–water partition coefficient (Wildman–Crippen LogP) is 0.153. The minimum Gasteiger partial charge on any atom is -0.354 e. The van der Waals surface area contributed by atoms with Crippen LogP contribution in [0.5, 0.6) is 0 Å². The Hall–Kier alpha value is -0.930. The van der Waals surface area contributed by atoms with Gasteiger partial charge in [-0.2, -0.15) is 5.11 Å². The molecule has 2 N–H and O–H groups in total. The zero-order valence-electron chi connectivity index (χ0n) is 4.77. The summed E-state index contributed by atoms with van der Waals surface area (Å²) in [7, 11) is 0. The van der Waals surface area contributed by atoms with E-state index < -0.39 is 0 Å². The molecule has 0 aliphatic carbocycles. The summed E-state index contributed by atoms with van der Waals surface area (Å²) in [5.41, 5.74) is 6.32. The van der Waals surface area contributed by atoms with Gasteiger partial charge in [-0.05, 0) is 0 Å². The number of carbonyl (C=O) groups is 1. The quantitative estimate of drug-likeness (QED) is 0.399. The molecule has 0 spiro atoms. The minimum atomic E-state index is -0.0753. The van der Waals surface area contributed by atoms with Crippen molar-refractivity contribution in [3.05, 3.63) is 0 Å². The Labute approximate surface area is 47.8 Å². The summed E-state index contributed by atoms with van der Waals surface area (Å²) in [5.74, 6) is -0.0753. The molecule has 4 nitrogen and oxygen atoms in total. The molecule has 0 bridgehead atoms. The normalized spacial score (nSPS) is 8.12. The van der Waals surface area contributed by atoms with Crippen LogP contribution in [0.1, 0.15) is 6.92 Å². The van der Waals surface area contributed by atoms with Crippen molar-refractivity contribution in [1.82, 2.24) is 5.32 Å². The van der Waals surface area contributed by atoms with Crippen molar-refractivity contribution in [3.63, 3.8) is 0 Å². The van der Waals surface area contributed by atoms with E-state index in [1.165, 1.54) is 6.92 Å². The van der Waals surface area contributed by atoms with Gasteiger partial charge in [0.25, 0.3) is 0 Å². The van der Waals surface area contributed by atoms with Crippen molar-refractivity contribution >= 4 is 5.91 Å². The van der Waals surface area contributed by atoms with Crippen LogP contribution in [0, 0.1) is 5.53 Å². The molecule has 0 saturated carbocycles. The van der Waals surface area contributed by atoms with E-state index in [-0.39, 0.29) is 5.91 Å². The maximum absolute atomic E-state index is 10.1. The fourth-order valence-electron chi connectivity index (χ4n) is 0.288. The van der Waals surface area contributed by atoms with Crippen molar-refractivity contribution in [2.75, 3.05) is 13.1 Å². The van der Waals surface area contributed by atoms with Gasteiger partial charge >= 0.3 is 0 Å². The lowest BCUT2D eigenvalue weighted by atomic mass is 10.6. The van der Waals surface area contributed by atoms with Crippen LogP contribution < -0.4 is 5.32 Å². The first kappa shape index (κ1) is 7.07. The maximum Gasteiger partial charge on any atom is 0.216 e. The van der Waals surface area contributed by atoms with Crippen molar-refractivity contribution < 1.29 is 4.79 Å². The summed E-state index contributed by atoms with van der Waals surface area (Å²) in [5, 5.41) is 5.54. The molecule has 0 heterocycles. The number of nitrogens with one attached hydrogen (secondary N) is 2. The molecule has 0 aromatic carbocycles. The van der Waals surface area contributed by atoms with E-state index in [1.807, 2.05) is 0 Å². The third kappa shape index (κ3) is 5.07. The smallest absolute Gasteiger partial charge is 0.216 e. The molecule has 0 aliphatic rings. The standard InChI is InChI=1S/C4H9N3O/c1-4(8)6-2-3-7-5/h5H,2-3H2,1H3,(H,6,8). The van der Waals surface area contributed by atoms with Gasteiger partial charge in [0, 0.05) is 13.5 Å². The molecule has 8 heavy (non-hydrogen) atoms. The molecule has 0 aliphatic heterocycles. The molecular weight excluding hydrogens is 106 g/mol. The molecule has 0 atom stereocenters. The molecule has 0 aromatic rings. The number of hydrogen-bond donors (Lipinski definition) is 2. The van der Waals surface area contributed by atoms with Crippen molar-refractivity contribution in [1.29, 1.82) is 5.53 Å². The SMILES string of the molecule is CC(=O)NCCN=N. The Morgan fingerprint density at radius 2 is 2.50 bits per heavy atom. The van der Waals surface area contributed by atoms with E-state index in [0.717, 1.165) is 0 Å². The average molecular weight is 115 g/mol. The summed E-state index contributed by atoms with van der Waals surface area (Å²) >= 11 is 0. The summed E-state index contributed by atoms with van der Waals surface area (Å²) in [6.07, 6.45) is 0. The number of nitrogens with zero attached hydrogens (tertiary/aromatic N) is 1. The lowest BCUT2D eigenvalue weighted by molar-refractivity contribution is -0.118. The number of carbonyl (C=O) groups excluding carboxylic acids is 1.